The van der Waals surface area contributed by atoms with E-state index in [0.29, 0.717) is 24.2 Å². The van der Waals surface area contributed by atoms with Gasteiger partial charge in [0.2, 0.25) is 6.39 Å². The van der Waals surface area contributed by atoms with Crippen LogP contribution in [0.4, 0.5) is 5.13 Å². The van der Waals surface area contributed by atoms with Crippen LogP contribution in [-0.4, -0.2) is 39.8 Å². The lowest BCUT2D eigenvalue weighted by Crippen LogP contribution is -2.39. The van der Waals surface area contributed by atoms with Gasteiger partial charge >= 0.3 is 0 Å². The van der Waals surface area contributed by atoms with Crippen LogP contribution >= 0.6 is 11.3 Å². The van der Waals surface area contributed by atoms with Crippen molar-refractivity contribution in [3.63, 3.8) is 0 Å². The molecule has 8 heteroatoms. The summed E-state index contributed by atoms with van der Waals surface area (Å²) in [5.74, 6) is 0.659. The molecule has 0 radical (unpaired) electrons. The molecule has 1 saturated heterocycles. The third kappa shape index (κ3) is 2.35. The fraction of sp³-hybridized carbons (Fsp3) is 0.500. The first-order chi connectivity index (χ1) is 8.83. The van der Waals surface area contributed by atoms with Crippen LogP contribution in [0.1, 0.15) is 16.7 Å². The number of thiazole rings is 1. The summed E-state index contributed by atoms with van der Waals surface area (Å²) in [6, 6.07) is 0.0285. The van der Waals surface area contributed by atoms with E-state index in [-0.39, 0.29) is 6.04 Å². The molecule has 3 rings (SSSR count). The monoisotopic (exact) mass is 267 g/mol. The Morgan fingerprint density at radius 1 is 1.50 bits per heavy atom. The third-order valence-corrected chi connectivity index (χ3v) is 3.66. The van der Waals surface area contributed by atoms with Crippen LogP contribution in [0.25, 0.3) is 0 Å². The Hall–Kier alpha value is -1.51. The molecule has 2 N–H and O–H groups in total. The lowest BCUT2D eigenvalue weighted by Gasteiger charge is -2.33. The van der Waals surface area contributed by atoms with Gasteiger partial charge in [0, 0.05) is 24.2 Å². The number of rotatable bonds is 3. The van der Waals surface area contributed by atoms with Gasteiger partial charge in [-0.2, -0.15) is 4.98 Å². The maximum Gasteiger partial charge on any atom is 0.213 e. The van der Waals surface area contributed by atoms with Crippen LogP contribution in [0, 0.1) is 0 Å². The number of ether oxygens (including phenoxy) is 1. The molecule has 96 valence electrons. The minimum atomic E-state index is 0.0285. The number of nitrogens with zero attached hydrogens (tertiary/aromatic N) is 4. The van der Waals surface area contributed by atoms with Gasteiger partial charge in [-0.15, -0.1) is 11.3 Å². The zero-order valence-electron chi connectivity index (χ0n) is 9.65. The summed E-state index contributed by atoms with van der Waals surface area (Å²) in [6.07, 6.45) is 3.15. The summed E-state index contributed by atoms with van der Waals surface area (Å²) in [5, 5.41) is 4.48. The van der Waals surface area contributed by atoms with Crippen LogP contribution in [0.5, 0.6) is 0 Å². The molecule has 0 amide bonds. The quantitative estimate of drug-likeness (QED) is 0.874. The molecule has 0 spiro atoms. The molecule has 1 aliphatic rings. The average Bonchev–Trinajstić information content (AvgIpc) is 3.02. The predicted molar refractivity (Wildman–Crippen MR) is 64.8 cm³/mol. The van der Waals surface area contributed by atoms with E-state index in [1.807, 2.05) is 6.20 Å². The summed E-state index contributed by atoms with van der Waals surface area (Å²) in [7, 11) is 0. The topological polar surface area (TPSA) is 90.3 Å². The van der Waals surface area contributed by atoms with E-state index in [2.05, 4.69) is 20.0 Å². The Kier molecular flexibility index (Phi) is 3.22. The van der Waals surface area contributed by atoms with Crippen LogP contribution in [-0.2, 0) is 11.3 Å². The van der Waals surface area contributed by atoms with Gasteiger partial charge < -0.3 is 15.0 Å². The molecule has 2 aromatic heterocycles. The van der Waals surface area contributed by atoms with Gasteiger partial charge in [0.05, 0.1) is 19.3 Å². The Bertz CT molecular complexity index is 500. The first kappa shape index (κ1) is 11.6. The van der Waals surface area contributed by atoms with Crippen molar-refractivity contribution in [2.24, 2.45) is 0 Å². The fourth-order valence-electron chi connectivity index (χ4n) is 1.99. The molecule has 0 bridgehead atoms. The SMILES string of the molecule is Nc1ncc(CN2CCOCC2c2ncon2)s1. The summed E-state index contributed by atoms with van der Waals surface area (Å²) in [6.45, 7) is 2.89. The van der Waals surface area contributed by atoms with Crippen molar-refractivity contribution < 1.29 is 9.26 Å². The van der Waals surface area contributed by atoms with Crippen molar-refractivity contribution >= 4 is 16.5 Å². The second-order valence-corrected chi connectivity index (χ2v) is 5.16. The van der Waals surface area contributed by atoms with Crippen LogP contribution in [0.2, 0.25) is 0 Å². The van der Waals surface area contributed by atoms with Gasteiger partial charge in [0.1, 0.15) is 0 Å². The third-order valence-electron chi connectivity index (χ3n) is 2.85. The number of aromatic nitrogens is 3. The van der Waals surface area contributed by atoms with E-state index in [1.54, 1.807) is 0 Å². The molecular weight excluding hydrogens is 254 g/mol. The number of nitrogen functional groups attached to an aromatic ring is 1. The first-order valence-corrected chi connectivity index (χ1v) is 6.43. The molecule has 3 heterocycles. The Morgan fingerprint density at radius 2 is 2.44 bits per heavy atom. The first-order valence-electron chi connectivity index (χ1n) is 5.61. The van der Waals surface area contributed by atoms with E-state index in [4.69, 9.17) is 15.0 Å². The Labute approximate surface area is 108 Å². The zero-order chi connectivity index (χ0) is 12.4. The molecular formula is C10H13N5O2S. The Morgan fingerprint density at radius 3 is 3.17 bits per heavy atom. The molecule has 0 aromatic carbocycles. The molecule has 1 unspecified atom stereocenters. The maximum atomic E-state index is 5.64. The minimum absolute atomic E-state index is 0.0285. The largest absolute Gasteiger partial charge is 0.378 e. The molecule has 2 aromatic rings. The van der Waals surface area contributed by atoms with Crippen LogP contribution in [0.3, 0.4) is 0 Å². The highest BCUT2D eigenvalue weighted by molar-refractivity contribution is 7.15. The average molecular weight is 267 g/mol. The standard InChI is InChI=1S/C10H13N5O2S/c11-10-12-3-7(18-10)4-15-1-2-16-5-8(15)9-13-6-17-14-9/h3,6,8H,1-2,4-5H2,(H2,11,12). The normalized spacial score (nSPS) is 21.2. The predicted octanol–water partition coefficient (Wildman–Crippen LogP) is 0.682. The summed E-state index contributed by atoms with van der Waals surface area (Å²) in [5.41, 5.74) is 5.64. The van der Waals surface area contributed by atoms with Crippen LogP contribution in [0.15, 0.2) is 17.1 Å². The van der Waals surface area contributed by atoms with Crippen molar-refractivity contribution in [1.82, 2.24) is 20.0 Å². The maximum absolute atomic E-state index is 5.64. The highest BCUT2D eigenvalue weighted by Crippen LogP contribution is 2.25. The fourth-order valence-corrected chi connectivity index (χ4v) is 2.70. The van der Waals surface area contributed by atoms with E-state index in [1.165, 1.54) is 17.7 Å². The second-order valence-electron chi connectivity index (χ2n) is 4.02. The highest BCUT2D eigenvalue weighted by Gasteiger charge is 2.28. The van der Waals surface area contributed by atoms with Gasteiger partial charge in [0.25, 0.3) is 0 Å². The molecule has 0 aliphatic carbocycles. The van der Waals surface area contributed by atoms with Crippen LogP contribution < -0.4 is 5.73 Å². The number of nitrogens with two attached hydrogens (primary N) is 1. The number of hydrogen-bond donors (Lipinski definition) is 1. The summed E-state index contributed by atoms with van der Waals surface area (Å²) >= 11 is 1.50. The van der Waals surface area contributed by atoms with Crippen molar-refractivity contribution in [2.75, 3.05) is 25.5 Å². The molecule has 1 atom stereocenters. The van der Waals surface area contributed by atoms with E-state index < -0.39 is 0 Å². The zero-order valence-corrected chi connectivity index (χ0v) is 10.5. The summed E-state index contributed by atoms with van der Waals surface area (Å²) < 4.78 is 10.3. The van der Waals surface area contributed by atoms with Gasteiger partial charge in [-0.3, -0.25) is 4.90 Å². The van der Waals surface area contributed by atoms with Gasteiger partial charge in [-0.05, 0) is 0 Å². The van der Waals surface area contributed by atoms with E-state index in [0.717, 1.165) is 18.0 Å². The molecule has 1 aliphatic heterocycles. The molecule has 0 saturated carbocycles. The van der Waals surface area contributed by atoms with Crippen molar-refractivity contribution in [3.05, 3.63) is 23.3 Å². The van der Waals surface area contributed by atoms with Crippen molar-refractivity contribution in [3.8, 4) is 0 Å². The number of hydrogen-bond acceptors (Lipinski definition) is 8. The second kappa shape index (κ2) is 5.01. The number of anilines is 1. The van der Waals surface area contributed by atoms with Crippen molar-refractivity contribution in [2.45, 2.75) is 12.6 Å². The smallest absolute Gasteiger partial charge is 0.213 e. The van der Waals surface area contributed by atoms with E-state index >= 15 is 0 Å². The molecule has 7 nitrogen and oxygen atoms in total. The van der Waals surface area contributed by atoms with Gasteiger partial charge in [0.15, 0.2) is 11.0 Å². The minimum Gasteiger partial charge on any atom is -0.378 e. The lowest BCUT2D eigenvalue weighted by atomic mass is 10.2. The lowest BCUT2D eigenvalue weighted by molar-refractivity contribution is -0.0162. The Balaban J connectivity index is 1.76. The molecule has 1 fully saturated rings. The van der Waals surface area contributed by atoms with Gasteiger partial charge in [-0.25, -0.2) is 4.98 Å². The van der Waals surface area contributed by atoms with Gasteiger partial charge in [-0.1, -0.05) is 5.16 Å². The summed E-state index contributed by atoms with van der Waals surface area (Å²) in [4.78, 5) is 11.5. The van der Waals surface area contributed by atoms with Crippen molar-refractivity contribution in [1.29, 1.82) is 0 Å². The number of morpholine rings is 1. The molecule has 18 heavy (non-hydrogen) atoms. The highest BCUT2D eigenvalue weighted by atomic mass is 32.1. The van der Waals surface area contributed by atoms with E-state index in [9.17, 15) is 0 Å².